The maximum absolute atomic E-state index is 13.7. The number of anilines is 2. The SMILES string of the molecule is CCCOc1ccc(N2C(=O)C3ON(c4ccccc4)C(c4ccccc4Cl)C3C2=O)cc1. The van der Waals surface area contributed by atoms with Crippen molar-refractivity contribution in [2.75, 3.05) is 16.6 Å². The van der Waals surface area contributed by atoms with E-state index in [9.17, 15) is 9.59 Å². The molecule has 0 spiro atoms. The van der Waals surface area contributed by atoms with Crippen LogP contribution in [0.4, 0.5) is 11.4 Å². The second-order valence-electron chi connectivity index (χ2n) is 8.03. The van der Waals surface area contributed by atoms with Crippen molar-refractivity contribution in [2.24, 2.45) is 5.92 Å². The molecule has 0 saturated carbocycles. The molecule has 3 aromatic rings. The number of hydroxylamine groups is 1. The third kappa shape index (κ3) is 3.75. The monoisotopic (exact) mass is 462 g/mol. The van der Waals surface area contributed by atoms with Crippen molar-refractivity contribution in [2.45, 2.75) is 25.5 Å². The molecule has 0 bridgehead atoms. The van der Waals surface area contributed by atoms with E-state index in [0.29, 0.717) is 23.1 Å². The van der Waals surface area contributed by atoms with E-state index in [4.69, 9.17) is 21.2 Å². The maximum Gasteiger partial charge on any atom is 0.266 e. The van der Waals surface area contributed by atoms with E-state index in [0.717, 1.165) is 17.7 Å². The minimum absolute atomic E-state index is 0.310. The van der Waals surface area contributed by atoms with Gasteiger partial charge >= 0.3 is 0 Å². The molecule has 3 unspecified atom stereocenters. The molecule has 2 aliphatic rings. The van der Waals surface area contributed by atoms with Crippen LogP contribution >= 0.6 is 11.6 Å². The van der Waals surface area contributed by atoms with E-state index in [1.54, 1.807) is 35.4 Å². The first-order chi connectivity index (χ1) is 16.1. The molecule has 33 heavy (non-hydrogen) atoms. The summed E-state index contributed by atoms with van der Waals surface area (Å²) < 4.78 is 5.62. The fraction of sp³-hybridized carbons (Fsp3) is 0.231. The number of ether oxygens (including phenoxy) is 1. The van der Waals surface area contributed by atoms with Gasteiger partial charge in [0.1, 0.15) is 11.7 Å². The highest BCUT2D eigenvalue weighted by Gasteiger charge is 2.60. The van der Waals surface area contributed by atoms with Crippen LogP contribution < -0.4 is 14.7 Å². The zero-order chi connectivity index (χ0) is 22.9. The lowest BCUT2D eigenvalue weighted by molar-refractivity contribution is -0.126. The number of para-hydroxylation sites is 1. The Morgan fingerprint density at radius 2 is 1.58 bits per heavy atom. The Morgan fingerprint density at radius 1 is 0.879 bits per heavy atom. The largest absolute Gasteiger partial charge is 0.494 e. The van der Waals surface area contributed by atoms with Crippen LogP contribution in [0.1, 0.15) is 24.9 Å². The molecule has 3 aromatic carbocycles. The van der Waals surface area contributed by atoms with Crippen LogP contribution in [0.5, 0.6) is 5.75 Å². The lowest BCUT2D eigenvalue weighted by Gasteiger charge is -2.29. The fourth-order valence-corrected chi connectivity index (χ4v) is 4.66. The van der Waals surface area contributed by atoms with Gasteiger partial charge in [-0.25, -0.2) is 9.96 Å². The molecule has 2 aliphatic heterocycles. The minimum atomic E-state index is -0.935. The fourth-order valence-electron chi connectivity index (χ4n) is 4.41. The van der Waals surface area contributed by atoms with Gasteiger partial charge in [-0.3, -0.25) is 14.4 Å². The molecule has 5 rings (SSSR count). The Hall–Kier alpha value is -3.35. The molecule has 3 atom stereocenters. The molecule has 7 heteroatoms. The van der Waals surface area contributed by atoms with Crippen LogP contribution in [0.3, 0.4) is 0 Å². The summed E-state index contributed by atoms with van der Waals surface area (Å²) in [6.07, 6.45) is -0.0395. The molecule has 0 N–H and O–H groups in total. The quantitative estimate of drug-likeness (QED) is 0.472. The van der Waals surface area contributed by atoms with Crippen LogP contribution in [-0.2, 0) is 14.4 Å². The van der Waals surface area contributed by atoms with Gasteiger partial charge in [-0.1, -0.05) is 54.9 Å². The van der Waals surface area contributed by atoms with E-state index >= 15 is 0 Å². The number of hydrogen-bond acceptors (Lipinski definition) is 5. The van der Waals surface area contributed by atoms with E-state index < -0.39 is 18.1 Å². The average Bonchev–Trinajstić information content (AvgIpc) is 3.35. The zero-order valence-electron chi connectivity index (χ0n) is 18.1. The van der Waals surface area contributed by atoms with Gasteiger partial charge in [0.25, 0.3) is 5.91 Å². The molecule has 2 heterocycles. The van der Waals surface area contributed by atoms with E-state index in [2.05, 4.69) is 0 Å². The highest BCUT2D eigenvalue weighted by atomic mass is 35.5. The Morgan fingerprint density at radius 3 is 2.27 bits per heavy atom. The Kier molecular flexibility index (Phi) is 5.79. The molecule has 2 saturated heterocycles. The standard InChI is InChI=1S/C26H23ClN2O4/c1-2-16-32-19-14-12-17(13-15-19)28-25(30)22-23(20-10-6-7-11-21(20)27)29(33-24(22)26(28)31)18-8-4-3-5-9-18/h3-15,22-24H,2,16H2,1H3. The first-order valence-corrected chi connectivity index (χ1v) is 11.3. The highest BCUT2D eigenvalue weighted by Crippen LogP contribution is 2.48. The lowest BCUT2D eigenvalue weighted by Crippen LogP contribution is -2.37. The third-order valence-electron chi connectivity index (χ3n) is 5.92. The van der Waals surface area contributed by atoms with Gasteiger partial charge in [0, 0.05) is 5.02 Å². The summed E-state index contributed by atoms with van der Waals surface area (Å²) in [5.74, 6) is -0.729. The predicted octanol–water partition coefficient (Wildman–Crippen LogP) is 5.18. The first-order valence-electron chi connectivity index (χ1n) is 11.0. The number of nitrogens with zero attached hydrogens (tertiary/aromatic N) is 2. The van der Waals surface area contributed by atoms with Gasteiger partial charge in [-0.05, 0) is 54.4 Å². The average molecular weight is 463 g/mol. The zero-order valence-corrected chi connectivity index (χ0v) is 18.8. The van der Waals surface area contributed by atoms with Crippen LogP contribution in [-0.4, -0.2) is 24.5 Å². The topological polar surface area (TPSA) is 59.1 Å². The van der Waals surface area contributed by atoms with Crippen LogP contribution in [0.15, 0.2) is 78.9 Å². The van der Waals surface area contributed by atoms with E-state index in [1.165, 1.54) is 4.90 Å². The van der Waals surface area contributed by atoms with Gasteiger partial charge in [0.05, 0.1) is 24.0 Å². The van der Waals surface area contributed by atoms with Crippen molar-refractivity contribution in [1.29, 1.82) is 0 Å². The summed E-state index contributed by atoms with van der Waals surface area (Å²) in [4.78, 5) is 34.4. The Balaban J connectivity index is 1.51. The number of benzene rings is 3. The molecule has 0 aromatic heterocycles. The second-order valence-corrected chi connectivity index (χ2v) is 8.44. The number of fused-ring (bicyclic) bond motifs is 1. The minimum Gasteiger partial charge on any atom is -0.494 e. The smallest absolute Gasteiger partial charge is 0.266 e. The summed E-state index contributed by atoms with van der Waals surface area (Å²) in [6, 6.07) is 23.2. The Labute approximate surface area is 197 Å². The highest BCUT2D eigenvalue weighted by molar-refractivity contribution is 6.31. The predicted molar refractivity (Wildman–Crippen MR) is 126 cm³/mol. The van der Waals surface area contributed by atoms with Gasteiger partial charge in [0.15, 0.2) is 6.10 Å². The van der Waals surface area contributed by atoms with Crippen LogP contribution in [0, 0.1) is 5.92 Å². The van der Waals surface area contributed by atoms with Crippen molar-refractivity contribution < 1.29 is 19.2 Å². The van der Waals surface area contributed by atoms with Gasteiger partial charge in [-0.15, -0.1) is 0 Å². The molecule has 2 fully saturated rings. The van der Waals surface area contributed by atoms with Gasteiger partial charge in [-0.2, -0.15) is 0 Å². The molecule has 168 valence electrons. The van der Waals surface area contributed by atoms with E-state index in [1.807, 2.05) is 55.5 Å². The number of carbonyl (C=O) groups excluding carboxylic acids is 2. The van der Waals surface area contributed by atoms with Crippen LogP contribution in [0.25, 0.3) is 0 Å². The maximum atomic E-state index is 13.7. The molecule has 0 radical (unpaired) electrons. The number of imide groups is 1. The Bertz CT molecular complexity index is 1170. The van der Waals surface area contributed by atoms with Gasteiger partial charge < -0.3 is 4.74 Å². The summed E-state index contributed by atoms with van der Waals surface area (Å²) in [6.45, 7) is 2.64. The molecular formula is C26H23ClN2O4. The molecular weight excluding hydrogens is 440 g/mol. The number of amides is 2. The van der Waals surface area contributed by atoms with Crippen molar-refractivity contribution in [3.63, 3.8) is 0 Å². The summed E-state index contributed by atoms with van der Waals surface area (Å²) in [7, 11) is 0. The third-order valence-corrected chi connectivity index (χ3v) is 6.26. The van der Waals surface area contributed by atoms with Gasteiger partial charge in [0.2, 0.25) is 5.91 Å². The van der Waals surface area contributed by atoms with Crippen molar-refractivity contribution in [1.82, 2.24) is 0 Å². The number of rotatable bonds is 6. The molecule has 2 amide bonds. The van der Waals surface area contributed by atoms with Crippen LogP contribution in [0.2, 0.25) is 5.02 Å². The number of hydrogen-bond donors (Lipinski definition) is 0. The summed E-state index contributed by atoms with van der Waals surface area (Å²) >= 11 is 6.54. The van der Waals surface area contributed by atoms with Crippen molar-refractivity contribution in [3.05, 3.63) is 89.4 Å². The molecule has 6 nitrogen and oxygen atoms in total. The number of carbonyl (C=O) groups is 2. The summed E-state index contributed by atoms with van der Waals surface area (Å²) in [5, 5.41) is 2.16. The number of halogens is 1. The second kappa shape index (κ2) is 8.89. The van der Waals surface area contributed by atoms with Crippen molar-refractivity contribution in [3.8, 4) is 5.75 Å². The van der Waals surface area contributed by atoms with E-state index in [-0.39, 0.29) is 11.8 Å². The molecule has 0 aliphatic carbocycles. The normalized spacial score (nSPS) is 22.1. The lowest BCUT2D eigenvalue weighted by atomic mass is 9.90. The van der Waals surface area contributed by atoms with Crippen molar-refractivity contribution >= 4 is 34.8 Å². The first kappa shape index (κ1) is 21.5. The summed E-state index contributed by atoms with van der Waals surface area (Å²) in [5.41, 5.74) is 1.99.